The first kappa shape index (κ1) is 18.2. The summed E-state index contributed by atoms with van der Waals surface area (Å²) in [6, 6.07) is 6.75. The quantitative estimate of drug-likeness (QED) is 0.788. The molecule has 0 aromatic heterocycles. The summed E-state index contributed by atoms with van der Waals surface area (Å²) in [5, 5.41) is 0. The molecule has 0 saturated carbocycles. The van der Waals surface area contributed by atoms with E-state index in [2.05, 4.69) is 11.8 Å². The van der Waals surface area contributed by atoms with E-state index in [1.54, 1.807) is 29.2 Å². The summed E-state index contributed by atoms with van der Waals surface area (Å²) in [6.45, 7) is 6.76. The number of benzene rings is 1. The summed E-state index contributed by atoms with van der Waals surface area (Å²) in [4.78, 5) is 17.0. The number of nitrogens with zero attached hydrogens (tertiary/aromatic N) is 2. The minimum atomic E-state index is -3.10. The summed E-state index contributed by atoms with van der Waals surface area (Å²) >= 11 is 0. The van der Waals surface area contributed by atoms with Gasteiger partial charge in [0.2, 0.25) is 0 Å². The largest absolute Gasteiger partial charge is 0.494 e. The van der Waals surface area contributed by atoms with E-state index in [1.807, 2.05) is 6.92 Å². The van der Waals surface area contributed by atoms with Gasteiger partial charge in [0, 0.05) is 24.7 Å². The third-order valence-corrected chi connectivity index (χ3v) is 6.67. The lowest BCUT2D eigenvalue weighted by atomic mass is 10.0. The van der Waals surface area contributed by atoms with Crippen molar-refractivity contribution in [2.45, 2.75) is 32.4 Å². The summed E-state index contributed by atoms with van der Waals surface area (Å²) in [6.07, 6.45) is 0.982. The monoisotopic (exact) mass is 366 g/mol. The molecule has 2 heterocycles. The van der Waals surface area contributed by atoms with Crippen molar-refractivity contribution in [3.05, 3.63) is 29.8 Å². The summed E-state index contributed by atoms with van der Waals surface area (Å²) in [5.74, 6) is 0.866. The van der Waals surface area contributed by atoms with E-state index < -0.39 is 9.84 Å². The van der Waals surface area contributed by atoms with Crippen molar-refractivity contribution in [2.24, 2.45) is 0 Å². The second kappa shape index (κ2) is 7.33. The molecule has 0 spiro atoms. The molecule has 25 heavy (non-hydrogen) atoms. The molecule has 7 heteroatoms. The fraction of sp³-hybridized carbons (Fsp3) is 0.611. The first-order valence-electron chi connectivity index (χ1n) is 8.93. The Bertz CT molecular complexity index is 717. The molecule has 2 atom stereocenters. The van der Waals surface area contributed by atoms with Crippen molar-refractivity contribution in [1.82, 2.24) is 9.80 Å². The zero-order valence-corrected chi connectivity index (χ0v) is 15.7. The SMILES string of the molecule is CCCN1CCN(C(=O)c2ccc(OCC)cc2)C2CS(=O)(=O)CC21. The van der Waals surface area contributed by atoms with Gasteiger partial charge in [-0.25, -0.2) is 8.42 Å². The first-order chi connectivity index (χ1) is 11.9. The topological polar surface area (TPSA) is 66.9 Å². The molecule has 1 aromatic rings. The maximum absolute atomic E-state index is 13.0. The maximum Gasteiger partial charge on any atom is 0.254 e. The van der Waals surface area contributed by atoms with Crippen LogP contribution in [0.5, 0.6) is 5.75 Å². The van der Waals surface area contributed by atoms with Crippen molar-refractivity contribution in [3.8, 4) is 5.75 Å². The van der Waals surface area contributed by atoms with Gasteiger partial charge >= 0.3 is 0 Å². The minimum Gasteiger partial charge on any atom is -0.494 e. The molecule has 1 amide bonds. The van der Waals surface area contributed by atoms with Gasteiger partial charge in [0.1, 0.15) is 5.75 Å². The molecule has 3 rings (SSSR count). The van der Waals surface area contributed by atoms with Crippen LogP contribution in [0.15, 0.2) is 24.3 Å². The molecule has 6 nitrogen and oxygen atoms in total. The van der Waals surface area contributed by atoms with Gasteiger partial charge in [0.25, 0.3) is 5.91 Å². The summed E-state index contributed by atoms with van der Waals surface area (Å²) in [7, 11) is -3.10. The highest BCUT2D eigenvalue weighted by Crippen LogP contribution is 2.28. The molecule has 0 N–H and O–H groups in total. The van der Waals surface area contributed by atoms with Crippen molar-refractivity contribution >= 4 is 15.7 Å². The zero-order valence-electron chi connectivity index (χ0n) is 14.8. The molecule has 1 aromatic carbocycles. The molecule has 2 fully saturated rings. The van der Waals surface area contributed by atoms with Gasteiger partial charge < -0.3 is 9.64 Å². The number of ether oxygens (including phenoxy) is 1. The van der Waals surface area contributed by atoms with Gasteiger partial charge in [-0.15, -0.1) is 0 Å². The van der Waals surface area contributed by atoms with Crippen LogP contribution in [0.1, 0.15) is 30.6 Å². The standard InChI is InChI=1S/C18H26N2O4S/c1-3-9-19-10-11-20(17-13-25(22,23)12-16(17)19)18(21)14-5-7-15(8-6-14)24-4-2/h5-8,16-17H,3-4,9-13H2,1-2H3. The van der Waals surface area contributed by atoms with Crippen LogP contribution in [-0.4, -0.2) is 74.0 Å². The van der Waals surface area contributed by atoms with Crippen molar-refractivity contribution < 1.29 is 17.9 Å². The van der Waals surface area contributed by atoms with E-state index in [0.29, 0.717) is 18.7 Å². The number of sulfone groups is 1. The Morgan fingerprint density at radius 1 is 1.12 bits per heavy atom. The highest BCUT2D eigenvalue weighted by Gasteiger charge is 2.47. The molecule has 2 aliphatic rings. The predicted molar refractivity (Wildman–Crippen MR) is 96.7 cm³/mol. The van der Waals surface area contributed by atoms with Crippen LogP contribution in [0, 0.1) is 0 Å². The maximum atomic E-state index is 13.0. The number of hydrogen-bond donors (Lipinski definition) is 0. The molecule has 0 radical (unpaired) electrons. The minimum absolute atomic E-state index is 0.0701. The Labute approximate surface area is 149 Å². The number of amides is 1. The molecular weight excluding hydrogens is 340 g/mol. The zero-order chi connectivity index (χ0) is 18.0. The summed E-state index contributed by atoms with van der Waals surface area (Å²) in [5.41, 5.74) is 0.579. The van der Waals surface area contributed by atoms with E-state index >= 15 is 0 Å². The fourth-order valence-electron chi connectivity index (χ4n) is 3.87. The van der Waals surface area contributed by atoms with Crippen LogP contribution in [-0.2, 0) is 9.84 Å². The number of piperazine rings is 1. The van der Waals surface area contributed by atoms with E-state index in [1.165, 1.54) is 0 Å². The lowest BCUT2D eigenvalue weighted by Gasteiger charge is -2.43. The Morgan fingerprint density at radius 2 is 1.80 bits per heavy atom. The normalized spacial score (nSPS) is 25.6. The molecule has 0 bridgehead atoms. The second-order valence-corrected chi connectivity index (χ2v) is 8.86. The van der Waals surface area contributed by atoms with Gasteiger partial charge in [0.05, 0.1) is 24.2 Å². The Morgan fingerprint density at radius 3 is 2.44 bits per heavy atom. The highest BCUT2D eigenvalue weighted by molar-refractivity contribution is 7.91. The lowest BCUT2D eigenvalue weighted by Crippen LogP contribution is -2.60. The molecule has 2 unspecified atom stereocenters. The van der Waals surface area contributed by atoms with Gasteiger partial charge in [0.15, 0.2) is 9.84 Å². The van der Waals surface area contributed by atoms with Gasteiger partial charge in [-0.1, -0.05) is 6.92 Å². The number of hydrogen-bond acceptors (Lipinski definition) is 5. The first-order valence-corrected chi connectivity index (χ1v) is 10.8. The predicted octanol–water partition coefficient (Wildman–Crippen LogP) is 1.42. The van der Waals surface area contributed by atoms with Gasteiger partial charge in [-0.05, 0) is 44.2 Å². The average molecular weight is 366 g/mol. The van der Waals surface area contributed by atoms with E-state index in [-0.39, 0.29) is 29.5 Å². The molecule has 2 saturated heterocycles. The van der Waals surface area contributed by atoms with Gasteiger partial charge in [-0.2, -0.15) is 0 Å². The number of carbonyl (C=O) groups excluding carboxylic acids is 1. The molecule has 2 aliphatic heterocycles. The Kier molecular flexibility index (Phi) is 5.34. The fourth-order valence-corrected chi connectivity index (χ4v) is 5.88. The molecular formula is C18H26N2O4S. The Balaban J connectivity index is 1.80. The number of rotatable bonds is 5. The van der Waals surface area contributed by atoms with E-state index in [0.717, 1.165) is 25.3 Å². The molecule has 138 valence electrons. The van der Waals surface area contributed by atoms with Crippen LogP contribution < -0.4 is 4.74 Å². The van der Waals surface area contributed by atoms with Crippen molar-refractivity contribution in [2.75, 3.05) is 37.7 Å². The average Bonchev–Trinajstić information content (AvgIpc) is 2.91. The van der Waals surface area contributed by atoms with E-state index in [4.69, 9.17) is 4.74 Å². The third kappa shape index (κ3) is 3.82. The van der Waals surface area contributed by atoms with Crippen LogP contribution in [0.4, 0.5) is 0 Å². The molecule has 0 aliphatic carbocycles. The third-order valence-electron chi connectivity index (χ3n) is 4.97. The van der Waals surface area contributed by atoms with Crippen molar-refractivity contribution in [3.63, 3.8) is 0 Å². The number of carbonyl (C=O) groups is 1. The van der Waals surface area contributed by atoms with Crippen LogP contribution in [0.25, 0.3) is 0 Å². The van der Waals surface area contributed by atoms with Crippen LogP contribution in [0.3, 0.4) is 0 Å². The number of fused-ring (bicyclic) bond motifs is 1. The summed E-state index contributed by atoms with van der Waals surface area (Å²) < 4.78 is 29.8. The Hall–Kier alpha value is -1.60. The van der Waals surface area contributed by atoms with Gasteiger partial charge in [-0.3, -0.25) is 9.69 Å². The second-order valence-electron chi connectivity index (χ2n) is 6.70. The lowest BCUT2D eigenvalue weighted by molar-refractivity contribution is 0.0333. The highest BCUT2D eigenvalue weighted by atomic mass is 32.2. The van der Waals surface area contributed by atoms with Crippen molar-refractivity contribution in [1.29, 1.82) is 0 Å². The van der Waals surface area contributed by atoms with Crippen LogP contribution in [0.2, 0.25) is 0 Å². The smallest absolute Gasteiger partial charge is 0.254 e. The van der Waals surface area contributed by atoms with E-state index in [9.17, 15) is 13.2 Å². The van der Waals surface area contributed by atoms with Crippen LogP contribution >= 0.6 is 0 Å².